The molecule has 2 rings (SSSR count). The second kappa shape index (κ2) is 5.81. The first-order chi connectivity index (χ1) is 8.56. The van der Waals surface area contributed by atoms with Gasteiger partial charge in [0.25, 0.3) is 0 Å². The Kier molecular flexibility index (Phi) is 4.36. The van der Waals surface area contributed by atoms with E-state index < -0.39 is 5.82 Å². The largest absolute Gasteiger partial charge is 0.328 e. The molecule has 98 valence electrons. The molecule has 1 fully saturated rings. The molecular formula is C14H17ClFNO. The second-order valence-corrected chi connectivity index (χ2v) is 5.41. The molecule has 0 atom stereocenters. The molecule has 1 saturated carbocycles. The zero-order chi connectivity index (χ0) is 13.1. The molecule has 0 spiro atoms. The van der Waals surface area contributed by atoms with Gasteiger partial charge < -0.3 is 5.73 Å². The molecule has 0 heterocycles. The molecule has 2 nitrogen and oxygen atoms in total. The van der Waals surface area contributed by atoms with Gasteiger partial charge in [-0.05, 0) is 43.4 Å². The van der Waals surface area contributed by atoms with Crippen LogP contribution in [-0.4, -0.2) is 11.8 Å². The van der Waals surface area contributed by atoms with Crippen molar-refractivity contribution in [3.8, 4) is 0 Å². The van der Waals surface area contributed by atoms with Crippen molar-refractivity contribution in [1.82, 2.24) is 0 Å². The van der Waals surface area contributed by atoms with Gasteiger partial charge in [-0.25, -0.2) is 4.39 Å². The summed E-state index contributed by atoms with van der Waals surface area (Å²) in [6.45, 7) is 0. The molecular weight excluding hydrogens is 253 g/mol. The number of carbonyl (C=O) groups is 1. The van der Waals surface area contributed by atoms with E-state index >= 15 is 0 Å². The lowest BCUT2D eigenvalue weighted by Crippen LogP contribution is -2.30. The normalized spacial score (nSPS) is 23.9. The number of hydrogen-bond donors (Lipinski definition) is 1. The van der Waals surface area contributed by atoms with Crippen molar-refractivity contribution in [2.24, 2.45) is 11.7 Å². The fourth-order valence-electron chi connectivity index (χ4n) is 2.44. The van der Waals surface area contributed by atoms with Crippen molar-refractivity contribution < 1.29 is 9.18 Å². The summed E-state index contributed by atoms with van der Waals surface area (Å²) in [5.41, 5.74) is 6.59. The van der Waals surface area contributed by atoms with E-state index in [1.54, 1.807) is 6.07 Å². The lowest BCUT2D eigenvalue weighted by atomic mass is 9.82. The Balaban J connectivity index is 1.96. The maximum Gasteiger partial charge on any atom is 0.141 e. The van der Waals surface area contributed by atoms with Crippen LogP contribution in [-0.2, 0) is 11.2 Å². The van der Waals surface area contributed by atoms with E-state index in [0.717, 1.165) is 31.2 Å². The van der Waals surface area contributed by atoms with Crippen LogP contribution < -0.4 is 5.73 Å². The molecule has 1 aliphatic carbocycles. The molecule has 2 N–H and O–H groups in total. The van der Waals surface area contributed by atoms with Crippen LogP contribution in [0.1, 0.15) is 31.2 Å². The molecule has 0 saturated heterocycles. The summed E-state index contributed by atoms with van der Waals surface area (Å²) in [5.74, 6) is -0.130. The highest BCUT2D eigenvalue weighted by molar-refractivity contribution is 6.30. The molecule has 4 heteroatoms. The molecule has 0 amide bonds. The number of ketones is 1. The number of carbonyl (C=O) groups excluding carboxylic acids is 1. The van der Waals surface area contributed by atoms with E-state index in [0.29, 0.717) is 6.42 Å². The second-order valence-electron chi connectivity index (χ2n) is 5.00. The van der Waals surface area contributed by atoms with Gasteiger partial charge in [0.05, 0.1) is 5.02 Å². The van der Waals surface area contributed by atoms with Crippen LogP contribution >= 0.6 is 11.6 Å². The lowest BCUT2D eigenvalue weighted by Gasteiger charge is -2.24. The highest BCUT2D eigenvalue weighted by Gasteiger charge is 2.24. The molecule has 1 aliphatic rings. The van der Waals surface area contributed by atoms with E-state index in [4.69, 9.17) is 17.3 Å². The minimum Gasteiger partial charge on any atom is -0.328 e. The minimum absolute atomic E-state index is 0.0750. The van der Waals surface area contributed by atoms with Gasteiger partial charge in [-0.3, -0.25) is 4.79 Å². The molecule has 0 radical (unpaired) electrons. The topological polar surface area (TPSA) is 43.1 Å². The Bertz CT molecular complexity index is 441. The zero-order valence-corrected chi connectivity index (χ0v) is 10.9. The van der Waals surface area contributed by atoms with Crippen LogP contribution in [0.2, 0.25) is 5.02 Å². The molecule has 0 bridgehead atoms. The van der Waals surface area contributed by atoms with Crippen LogP contribution in [0.4, 0.5) is 4.39 Å². The third-order valence-corrected chi connectivity index (χ3v) is 3.88. The maximum absolute atomic E-state index is 13.0. The predicted molar refractivity (Wildman–Crippen MR) is 70.1 cm³/mol. The summed E-state index contributed by atoms with van der Waals surface area (Å²) in [7, 11) is 0. The van der Waals surface area contributed by atoms with E-state index in [9.17, 15) is 9.18 Å². The van der Waals surface area contributed by atoms with E-state index in [1.165, 1.54) is 12.1 Å². The number of nitrogens with two attached hydrogens (primary N) is 1. The van der Waals surface area contributed by atoms with E-state index in [1.807, 2.05) is 0 Å². The average Bonchev–Trinajstić information content (AvgIpc) is 2.34. The fraction of sp³-hybridized carbons (Fsp3) is 0.500. The van der Waals surface area contributed by atoms with Gasteiger partial charge >= 0.3 is 0 Å². The summed E-state index contributed by atoms with van der Waals surface area (Å²) >= 11 is 5.70. The van der Waals surface area contributed by atoms with Gasteiger partial charge in [-0.2, -0.15) is 0 Å². The van der Waals surface area contributed by atoms with Gasteiger partial charge in [0.2, 0.25) is 0 Å². The average molecular weight is 270 g/mol. The quantitative estimate of drug-likeness (QED) is 0.916. The van der Waals surface area contributed by atoms with E-state index in [2.05, 4.69) is 0 Å². The van der Waals surface area contributed by atoms with E-state index in [-0.39, 0.29) is 22.8 Å². The number of halogens is 2. The van der Waals surface area contributed by atoms with Gasteiger partial charge in [0, 0.05) is 18.4 Å². The Labute approximate surface area is 111 Å². The summed E-state index contributed by atoms with van der Waals surface area (Å²) in [5, 5.41) is 0.0750. The number of benzene rings is 1. The van der Waals surface area contributed by atoms with Crippen LogP contribution in [0.5, 0.6) is 0 Å². The monoisotopic (exact) mass is 269 g/mol. The van der Waals surface area contributed by atoms with Crippen molar-refractivity contribution in [3.63, 3.8) is 0 Å². The molecule has 1 aromatic carbocycles. The molecule has 0 aliphatic heterocycles. The Morgan fingerprint density at radius 3 is 2.61 bits per heavy atom. The summed E-state index contributed by atoms with van der Waals surface area (Å²) in [6.07, 6.45) is 3.91. The van der Waals surface area contributed by atoms with Crippen LogP contribution in [0.3, 0.4) is 0 Å². The first-order valence-corrected chi connectivity index (χ1v) is 6.66. The van der Waals surface area contributed by atoms with Crippen LogP contribution in [0.25, 0.3) is 0 Å². The van der Waals surface area contributed by atoms with Crippen molar-refractivity contribution in [2.75, 3.05) is 0 Å². The Hall–Kier alpha value is -0.930. The number of hydrogen-bond acceptors (Lipinski definition) is 2. The smallest absolute Gasteiger partial charge is 0.141 e. The van der Waals surface area contributed by atoms with Crippen molar-refractivity contribution in [2.45, 2.75) is 38.1 Å². The highest BCUT2D eigenvalue weighted by Crippen LogP contribution is 2.25. The molecule has 1 aromatic rings. The maximum atomic E-state index is 13.0. The number of rotatable bonds is 3. The van der Waals surface area contributed by atoms with Crippen LogP contribution in [0.15, 0.2) is 18.2 Å². The lowest BCUT2D eigenvalue weighted by molar-refractivity contribution is -0.123. The third kappa shape index (κ3) is 3.30. The third-order valence-electron chi connectivity index (χ3n) is 3.59. The SMILES string of the molecule is NC1CCC(C(=O)Cc2ccc(F)c(Cl)c2)CC1. The summed E-state index contributed by atoms with van der Waals surface area (Å²) in [6, 6.07) is 4.70. The first kappa shape index (κ1) is 13.5. The zero-order valence-electron chi connectivity index (χ0n) is 10.2. The molecule has 0 aromatic heterocycles. The van der Waals surface area contributed by atoms with Crippen LogP contribution in [0, 0.1) is 11.7 Å². The standard InChI is InChI=1S/C14H17ClFNO/c15-12-7-9(1-6-13(12)16)8-14(18)10-2-4-11(17)5-3-10/h1,6-7,10-11H,2-5,8,17H2. The van der Waals surface area contributed by atoms with Crippen molar-refractivity contribution in [1.29, 1.82) is 0 Å². The fourth-order valence-corrected chi connectivity index (χ4v) is 2.64. The molecule has 18 heavy (non-hydrogen) atoms. The highest BCUT2D eigenvalue weighted by atomic mass is 35.5. The summed E-state index contributed by atoms with van der Waals surface area (Å²) < 4.78 is 13.0. The predicted octanol–water partition coefficient (Wildman–Crippen LogP) is 3.11. The van der Waals surface area contributed by atoms with Gasteiger partial charge in [-0.15, -0.1) is 0 Å². The molecule has 0 unspecified atom stereocenters. The summed E-state index contributed by atoms with van der Waals surface area (Å²) in [4.78, 5) is 12.1. The van der Waals surface area contributed by atoms with Crippen molar-refractivity contribution in [3.05, 3.63) is 34.6 Å². The van der Waals surface area contributed by atoms with Crippen molar-refractivity contribution >= 4 is 17.4 Å². The van der Waals surface area contributed by atoms with Gasteiger partial charge in [0.1, 0.15) is 11.6 Å². The first-order valence-electron chi connectivity index (χ1n) is 6.28. The minimum atomic E-state index is -0.448. The van der Waals surface area contributed by atoms with Gasteiger partial charge in [0.15, 0.2) is 0 Å². The number of Topliss-reactive ketones (excluding diaryl/α,β-unsaturated/α-hetero) is 1. The van der Waals surface area contributed by atoms with Gasteiger partial charge in [-0.1, -0.05) is 17.7 Å². The Morgan fingerprint density at radius 2 is 2.00 bits per heavy atom. The Morgan fingerprint density at radius 1 is 1.33 bits per heavy atom.